The second-order valence-electron chi connectivity index (χ2n) is 10.2. The van der Waals surface area contributed by atoms with Crippen LogP contribution in [-0.4, -0.2) is 54.5 Å². The molecule has 0 saturated carbocycles. The first kappa shape index (κ1) is 30.2. The topological polar surface area (TPSA) is 94.1 Å². The predicted octanol–water partition coefficient (Wildman–Crippen LogP) is 6.55. The number of aliphatic carboxylic acids is 1. The third kappa shape index (κ3) is 8.40. The molecular weight excluding hydrogens is 562 g/mol. The summed E-state index contributed by atoms with van der Waals surface area (Å²) in [4.78, 5) is 24.6. The molecule has 0 saturated heterocycles. The van der Waals surface area contributed by atoms with Crippen molar-refractivity contribution in [2.75, 3.05) is 31.3 Å². The van der Waals surface area contributed by atoms with Crippen LogP contribution in [-0.2, 0) is 27.3 Å². The molecule has 222 valence electrons. The summed E-state index contributed by atoms with van der Waals surface area (Å²) in [5.41, 5.74) is 6.39. The van der Waals surface area contributed by atoms with Gasteiger partial charge < -0.3 is 24.6 Å². The van der Waals surface area contributed by atoms with Crippen LogP contribution in [0.3, 0.4) is 0 Å². The molecule has 0 heterocycles. The van der Waals surface area contributed by atoms with Crippen LogP contribution in [0.15, 0.2) is 103 Å². The number of alkyl carbamates (subject to hydrolysis) is 1. The Morgan fingerprint density at radius 1 is 0.767 bits per heavy atom. The molecule has 8 heteroatoms. The third-order valence-electron chi connectivity index (χ3n) is 7.28. The van der Waals surface area contributed by atoms with Gasteiger partial charge in [0.2, 0.25) is 0 Å². The van der Waals surface area contributed by atoms with Crippen molar-refractivity contribution < 1.29 is 28.9 Å². The summed E-state index contributed by atoms with van der Waals surface area (Å²) in [6, 6.07) is 32.4. The number of carbonyl (C=O) groups is 2. The number of fused-ring (bicyclic) bond motifs is 3. The zero-order valence-electron chi connectivity index (χ0n) is 23.8. The molecule has 0 fully saturated rings. The Hall–Kier alpha value is -4.27. The van der Waals surface area contributed by atoms with Crippen LogP contribution < -0.4 is 10.1 Å². The van der Waals surface area contributed by atoms with Crippen LogP contribution in [0.4, 0.5) is 4.79 Å². The van der Waals surface area contributed by atoms with E-state index in [-0.39, 0.29) is 18.9 Å². The van der Waals surface area contributed by atoms with E-state index in [9.17, 15) is 14.7 Å². The van der Waals surface area contributed by atoms with E-state index in [0.29, 0.717) is 25.6 Å². The highest BCUT2D eigenvalue weighted by atomic mass is 32.2. The van der Waals surface area contributed by atoms with E-state index in [2.05, 4.69) is 29.6 Å². The molecule has 0 spiro atoms. The van der Waals surface area contributed by atoms with Gasteiger partial charge in [-0.25, -0.2) is 9.59 Å². The number of benzene rings is 4. The number of carboxylic acid groups (broad SMARTS) is 1. The van der Waals surface area contributed by atoms with Gasteiger partial charge in [-0.15, -0.1) is 0 Å². The van der Waals surface area contributed by atoms with Gasteiger partial charge in [0.05, 0.1) is 19.8 Å². The molecule has 1 aliphatic rings. The Balaban J connectivity index is 1.02. The quantitative estimate of drug-likeness (QED) is 0.150. The fourth-order valence-corrected chi connectivity index (χ4v) is 5.78. The molecule has 7 nitrogen and oxygen atoms in total. The smallest absolute Gasteiger partial charge is 0.407 e. The largest absolute Gasteiger partial charge is 0.493 e. The lowest BCUT2D eigenvalue weighted by Crippen LogP contribution is -2.42. The molecule has 5 rings (SSSR count). The average molecular weight is 598 g/mol. The number of thioether (sulfide) groups is 1. The number of amides is 1. The lowest BCUT2D eigenvalue weighted by molar-refractivity contribution is -0.139. The fourth-order valence-electron chi connectivity index (χ4n) is 5.14. The van der Waals surface area contributed by atoms with Gasteiger partial charge in [-0.2, -0.15) is 11.8 Å². The van der Waals surface area contributed by atoms with Gasteiger partial charge in [0, 0.05) is 23.8 Å². The molecule has 0 bridgehead atoms. The van der Waals surface area contributed by atoms with E-state index in [0.717, 1.165) is 39.3 Å². The zero-order valence-corrected chi connectivity index (χ0v) is 24.6. The van der Waals surface area contributed by atoms with Gasteiger partial charge >= 0.3 is 12.1 Å². The van der Waals surface area contributed by atoms with Crippen LogP contribution in [0.25, 0.3) is 11.1 Å². The van der Waals surface area contributed by atoms with Crippen molar-refractivity contribution in [2.45, 2.75) is 25.0 Å². The van der Waals surface area contributed by atoms with E-state index in [4.69, 9.17) is 14.2 Å². The van der Waals surface area contributed by atoms with Crippen molar-refractivity contribution in [3.8, 4) is 16.9 Å². The Bertz CT molecular complexity index is 1450. The van der Waals surface area contributed by atoms with E-state index in [1.807, 2.05) is 78.9 Å². The van der Waals surface area contributed by atoms with Crippen LogP contribution >= 0.6 is 11.8 Å². The lowest BCUT2D eigenvalue weighted by Gasteiger charge is -2.17. The lowest BCUT2D eigenvalue weighted by atomic mass is 9.98. The number of carbonyl (C=O) groups excluding carboxylic acids is 1. The van der Waals surface area contributed by atoms with Gasteiger partial charge in [0.15, 0.2) is 0 Å². The fraction of sp³-hybridized carbons (Fsp3) is 0.257. The minimum absolute atomic E-state index is 0.0969. The third-order valence-corrected chi connectivity index (χ3v) is 8.19. The maximum Gasteiger partial charge on any atom is 0.407 e. The molecule has 0 radical (unpaired) electrons. The number of nitrogens with one attached hydrogen (secondary N) is 1. The molecule has 4 aromatic carbocycles. The Morgan fingerprint density at radius 3 is 2.07 bits per heavy atom. The van der Waals surface area contributed by atoms with Gasteiger partial charge in [-0.1, -0.05) is 91.0 Å². The first-order chi connectivity index (χ1) is 21.1. The first-order valence-electron chi connectivity index (χ1n) is 14.3. The van der Waals surface area contributed by atoms with Crippen LogP contribution in [0.5, 0.6) is 5.75 Å². The van der Waals surface area contributed by atoms with Gasteiger partial charge in [0.1, 0.15) is 18.4 Å². The normalized spacial score (nSPS) is 12.7. The molecule has 1 aliphatic carbocycles. The standard InChI is InChI=1S/C35H35NO6S/c37-34(38)33(36-35(39)42-24-32-30-12-6-4-10-28(30)29-11-5-7-13-31(29)32)22-25-14-16-27(17-15-25)41-19-21-43-20-18-40-23-26-8-2-1-3-9-26/h1-17,32-33H,18-24H2,(H,36,39)(H,37,38)/t33-/m0/s1. The summed E-state index contributed by atoms with van der Waals surface area (Å²) >= 11 is 1.77. The average Bonchev–Trinajstić information content (AvgIpc) is 3.35. The molecule has 1 atom stereocenters. The van der Waals surface area contributed by atoms with Crippen LogP contribution in [0.2, 0.25) is 0 Å². The minimum atomic E-state index is -1.13. The molecule has 43 heavy (non-hydrogen) atoms. The summed E-state index contributed by atoms with van der Waals surface area (Å²) in [5, 5.41) is 12.3. The SMILES string of the molecule is O=C(N[C@@H](Cc1ccc(OCCSCCOCc2ccccc2)cc1)C(=O)O)OCC1c2ccccc2-c2ccccc21. The second kappa shape index (κ2) is 15.3. The Labute approximate surface area is 256 Å². The minimum Gasteiger partial charge on any atom is -0.493 e. The highest BCUT2D eigenvalue weighted by Gasteiger charge is 2.29. The maximum atomic E-state index is 12.7. The molecule has 0 unspecified atom stereocenters. The number of hydrogen-bond acceptors (Lipinski definition) is 6. The van der Waals surface area contributed by atoms with Crippen molar-refractivity contribution in [3.63, 3.8) is 0 Å². The Morgan fingerprint density at radius 2 is 1.40 bits per heavy atom. The van der Waals surface area contributed by atoms with Crippen molar-refractivity contribution in [2.24, 2.45) is 0 Å². The summed E-state index contributed by atoms with van der Waals surface area (Å²) in [6.45, 7) is 1.98. The molecule has 0 aliphatic heterocycles. The van der Waals surface area contributed by atoms with Crippen molar-refractivity contribution in [1.82, 2.24) is 5.32 Å². The van der Waals surface area contributed by atoms with Gasteiger partial charge in [0.25, 0.3) is 0 Å². The summed E-state index contributed by atoms with van der Waals surface area (Å²) in [6.07, 6.45) is -0.629. The van der Waals surface area contributed by atoms with Crippen molar-refractivity contribution >= 4 is 23.8 Å². The van der Waals surface area contributed by atoms with E-state index < -0.39 is 18.1 Å². The highest BCUT2D eigenvalue weighted by Crippen LogP contribution is 2.44. The van der Waals surface area contributed by atoms with Gasteiger partial charge in [-0.3, -0.25) is 0 Å². The molecule has 1 amide bonds. The number of ether oxygens (including phenoxy) is 3. The van der Waals surface area contributed by atoms with Crippen LogP contribution in [0.1, 0.15) is 28.2 Å². The maximum absolute atomic E-state index is 12.7. The summed E-state index contributed by atoms with van der Waals surface area (Å²) < 4.78 is 17.1. The zero-order chi connectivity index (χ0) is 29.9. The van der Waals surface area contributed by atoms with Crippen molar-refractivity contribution in [3.05, 3.63) is 125 Å². The van der Waals surface area contributed by atoms with E-state index >= 15 is 0 Å². The Kier molecular flexibility index (Phi) is 10.7. The highest BCUT2D eigenvalue weighted by molar-refractivity contribution is 7.99. The summed E-state index contributed by atoms with van der Waals surface area (Å²) in [5.74, 6) is 1.21. The van der Waals surface area contributed by atoms with E-state index in [1.165, 1.54) is 5.56 Å². The molecule has 2 N–H and O–H groups in total. The van der Waals surface area contributed by atoms with Crippen molar-refractivity contribution in [1.29, 1.82) is 0 Å². The first-order valence-corrected chi connectivity index (χ1v) is 15.5. The van der Waals surface area contributed by atoms with Gasteiger partial charge in [-0.05, 0) is 45.5 Å². The summed E-state index contributed by atoms with van der Waals surface area (Å²) in [7, 11) is 0. The van der Waals surface area contributed by atoms with E-state index in [1.54, 1.807) is 11.8 Å². The molecule has 4 aromatic rings. The van der Waals surface area contributed by atoms with Crippen LogP contribution in [0, 0.1) is 0 Å². The molecule has 0 aromatic heterocycles. The second-order valence-corrected chi connectivity index (χ2v) is 11.4. The number of hydrogen-bond donors (Lipinski definition) is 2. The predicted molar refractivity (Wildman–Crippen MR) is 169 cm³/mol. The number of carboxylic acids is 1. The number of rotatable bonds is 15. The monoisotopic (exact) mass is 597 g/mol. The molecular formula is C35H35NO6S.